The van der Waals surface area contributed by atoms with E-state index in [9.17, 15) is 0 Å². The Kier molecular flexibility index (Phi) is 2.78. The van der Waals surface area contributed by atoms with Gasteiger partial charge >= 0.3 is 0 Å². The minimum absolute atomic E-state index is 0.325. The zero-order chi connectivity index (χ0) is 11.6. The molecular weight excluding hydrogens is 204 g/mol. The first kappa shape index (κ1) is 10.9. The van der Waals surface area contributed by atoms with Gasteiger partial charge in [0.05, 0.1) is 6.20 Å². The fourth-order valence-electron chi connectivity index (χ4n) is 1.28. The second-order valence-corrected chi connectivity index (χ2v) is 4.19. The van der Waals surface area contributed by atoms with Crippen LogP contribution in [0, 0.1) is 0 Å². The third-order valence-corrected chi connectivity index (χ3v) is 2.64. The molecule has 2 N–H and O–H groups in total. The molecule has 16 heavy (non-hydrogen) atoms. The molecule has 0 fully saturated rings. The number of ether oxygens (including phenoxy) is 1. The molecule has 2 aromatic heterocycles. The van der Waals surface area contributed by atoms with E-state index >= 15 is 0 Å². The Morgan fingerprint density at radius 2 is 2.31 bits per heavy atom. The summed E-state index contributed by atoms with van der Waals surface area (Å²) < 4.78 is 7.36. The maximum atomic E-state index is 6.01. The molecule has 5 nitrogen and oxygen atoms in total. The van der Waals surface area contributed by atoms with Gasteiger partial charge in [0.2, 0.25) is 5.88 Å². The van der Waals surface area contributed by atoms with Crippen LogP contribution in [0.4, 0.5) is 0 Å². The van der Waals surface area contributed by atoms with Crippen LogP contribution in [-0.4, -0.2) is 26.7 Å². The Hall–Kier alpha value is -1.62. The van der Waals surface area contributed by atoms with Crippen LogP contribution in [0.25, 0.3) is 5.52 Å². The molecule has 2 aromatic rings. The maximum Gasteiger partial charge on any atom is 0.240 e. The lowest BCUT2D eigenvalue weighted by Gasteiger charge is -2.22. The highest BCUT2D eigenvalue weighted by Gasteiger charge is 2.17. The molecular formula is C11H16N4O. The molecule has 0 spiro atoms. The first-order valence-corrected chi connectivity index (χ1v) is 5.32. The fraction of sp³-hybridized carbons (Fsp3) is 0.455. The number of fused-ring (bicyclic) bond motifs is 1. The highest BCUT2D eigenvalue weighted by atomic mass is 16.5. The molecule has 0 amide bonds. The highest BCUT2D eigenvalue weighted by Crippen LogP contribution is 2.16. The summed E-state index contributed by atoms with van der Waals surface area (Å²) in [6.07, 6.45) is 6.01. The summed E-state index contributed by atoms with van der Waals surface area (Å²) in [5, 5.41) is 4.11. The smallest absolute Gasteiger partial charge is 0.240 e. The van der Waals surface area contributed by atoms with Crippen molar-refractivity contribution < 1.29 is 4.74 Å². The number of nitrogens with zero attached hydrogens (tertiary/aromatic N) is 3. The average molecular weight is 220 g/mol. The summed E-state index contributed by atoms with van der Waals surface area (Å²) in [5.74, 6) is 0.574. The maximum absolute atomic E-state index is 6.01. The van der Waals surface area contributed by atoms with Gasteiger partial charge in [0.15, 0.2) is 0 Å². The van der Waals surface area contributed by atoms with Crippen molar-refractivity contribution in [3.8, 4) is 5.88 Å². The van der Waals surface area contributed by atoms with Gasteiger partial charge in [0.25, 0.3) is 0 Å². The molecule has 0 bridgehead atoms. The fourth-order valence-corrected chi connectivity index (χ4v) is 1.28. The topological polar surface area (TPSA) is 65.4 Å². The molecule has 0 radical (unpaired) electrons. The van der Waals surface area contributed by atoms with Crippen molar-refractivity contribution in [3.05, 3.63) is 24.7 Å². The standard InChI is InChI=1S/C11H16N4O/c1-3-11(2,12)8-16-10-9-4-5-14-15(9)7-6-13-10/h4-7H,3,8,12H2,1-2H3. The third-order valence-electron chi connectivity index (χ3n) is 2.64. The quantitative estimate of drug-likeness (QED) is 0.841. The van der Waals surface area contributed by atoms with Crippen LogP contribution in [0.2, 0.25) is 0 Å². The summed E-state index contributed by atoms with van der Waals surface area (Å²) in [4.78, 5) is 4.18. The molecule has 5 heteroatoms. The zero-order valence-corrected chi connectivity index (χ0v) is 9.55. The van der Waals surface area contributed by atoms with E-state index in [4.69, 9.17) is 10.5 Å². The van der Waals surface area contributed by atoms with Gasteiger partial charge in [-0.05, 0) is 19.4 Å². The molecule has 2 rings (SSSR count). The predicted octanol–water partition coefficient (Wildman–Crippen LogP) is 1.24. The van der Waals surface area contributed by atoms with Crippen LogP contribution >= 0.6 is 0 Å². The summed E-state index contributed by atoms with van der Waals surface area (Å²) in [6, 6.07) is 1.86. The Morgan fingerprint density at radius 1 is 1.50 bits per heavy atom. The first-order valence-electron chi connectivity index (χ1n) is 5.32. The van der Waals surface area contributed by atoms with Gasteiger partial charge in [-0.1, -0.05) is 6.92 Å². The van der Waals surface area contributed by atoms with Gasteiger partial charge in [-0.2, -0.15) is 5.10 Å². The van der Waals surface area contributed by atoms with Crippen LogP contribution in [0.15, 0.2) is 24.7 Å². The van der Waals surface area contributed by atoms with Crippen LogP contribution in [0.3, 0.4) is 0 Å². The van der Waals surface area contributed by atoms with Crippen molar-refractivity contribution in [1.29, 1.82) is 0 Å². The first-order chi connectivity index (χ1) is 7.62. The second kappa shape index (κ2) is 4.09. The molecule has 2 heterocycles. The van der Waals surface area contributed by atoms with Gasteiger partial charge in [-0.3, -0.25) is 0 Å². The van der Waals surface area contributed by atoms with Gasteiger partial charge in [-0.15, -0.1) is 0 Å². The van der Waals surface area contributed by atoms with Crippen molar-refractivity contribution in [2.24, 2.45) is 5.73 Å². The molecule has 0 saturated heterocycles. The Balaban J connectivity index is 2.18. The molecule has 1 atom stereocenters. The van der Waals surface area contributed by atoms with E-state index in [-0.39, 0.29) is 5.54 Å². The summed E-state index contributed by atoms with van der Waals surface area (Å²) in [6.45, 7) is 4.45. The minimum Gasteiger partial charge on any atom is -0.474 e. The number of rotatable bonds is 4. The Morgan fingerprint density at radius 3 is 3.06 bits per heavy atom. The monoisotopic (exact) mass is 220 g/mol. The zero-order valence-electron chi connectivity index (χ0n) is 9.55. The SMILES string of the molecule is CCC(C)(N)COc1nccn2nccc12. The Labute approximate surface area is 94.2 Å². The molecule has 0 aliphatic carbocycles. The van der Waals surface area contributed by atoms with Crippen molar-refractivity contribution in [1.82, 2.24) is 14.6 Å². The van der Waals surface area contributed by atoms with E-state index in [0.29, 0.717) is 12.5 Å². The molecule has 0 aliphatic heterocycles. The van der Waals surface area contributed by atoms with Crippen molar-refractivity contribution in [2.75, 3.05) is 6.61 Å². The van der Waals surface area contributed by atoms with Gasteiger partial charge in [-0.25, -0.2) is 9.50 Å². The van der Waals surface area contributed by atoms with Gasteiger partial charge < -0.3 is 10.5 Å². The van der Waals surface area contributed by atoms with Crippen LogP contribution in [0.1, 0.15) is 20.3 Å². The molecule has 0 aliphatic rings. The largest absolute Gasteiger partial charge is 0.474 e. The van der Waals surface area contributed by atoms with Crippen LogP contribution in [-0.2, 0) is 0 Å². The second-order valence-electron chi connectivity index (χ2n) is 4.19. The van der Waals surface area contributed by atoms with Crippen LogP contribution in [0.5, 0.6) is 5.88 Å². The van der Waals surface area contributed by atoms with Crippen molar-refractivity contribution >= 4 is 5.52 Å². The summed E-state index contributed by atoms with van der Waals surface area (Å²) in [5.41, 5.74) is 6.54. The predicted molar refractivity (Wildman–Crippen MR) is 61.4 cm³/mol. The number of hydrogen-bond acceptors (Lipinski definition) is 4. The van der Waals surface area contributed by atoms with E-state index in [1.54, 1.807) is 23.1 Å². The Bertz CT molecular complexity index is 478. The third kappa shape index (κ3) is 2.14. The van der Waals surface area contributed by atoms with Crippen molar-refractivity contribution in [3.63, 3.8) is 0 Å². The number of hydrogen-bond donors (Lipinski definition) is 1. The van der Waals surface area contributed by atoms with E-state index < -0.39 is 0 Å². The molecule has 86 valence electrons. The summed E-state index contributed by atoms with van der Waals surface area (Å²) >= 11 is 0. The number of nitrogens with two attached hydrogens (primary N) is 1. The lowest BCUT2D eigenvalue weighted by atomic mass is 10.0. The van der Waals surface area contributed by atoms with Gasteiger partial charge in [0.1, 0.15) is 12.1 Å². The molecule has 1 unspecified atom stereocenters. The minimum atomic E-state index is -0.325. The normalized spacial score (nSPS) is 14.9. The highest BCUT2D eigenvalue weighted by molar-refractivity contribution is 5.54. The number of aromatic nitrogens is 3. The van der Waals surface area contributed by atoms with Crippen LogP contribution < -0.4 is 10.5 Å². The van der Waals surface area contributed by atoms with E-state index in [1.165, 1.54) is 0 Å². The lowest BCUT2D eigenvalue weighted by Crippen LogP contribution is -2.41. The molecule has 0 saturated carbocycles. The van der Waals surface area contributed by atoms with Gasteiger partial charge in [0, 0.05) is 17.9 Å². The van der Waals surface area contributed by atoms with E-state index in [1.807, 2.05) is 19.9 Å². The van der Waals surface area contributed by atoms with E-state index in [0.717, 1.165) is 11.9 Å². The average Bonchev–Trinajstić information content (AvgIpc) is 2.75. The lowest BCUT2D eigenvalue weighted by molar-refractivity contribution is 0.220. The van der Waals surface area contributed by atoms with E-state index in [2.05, 4.69) is 10.1 Å². The van der Waals surface area contributed by atoms with Crippen molar-refractivity contribution in [2.45, 2.75) is 25.8 Å². The summed E-state index contributed by atoms with van der Waals surface area (Å²) in [7, 11) is 0. The molecule has 0 aromatic carbocycles.